The molecule has 2 heterocycles. The van der Waals surface area contributed by atoms with Crippen LogP contribution in [-0.2, 0) is 6.42 Å². The van der Waals surface area contributed by atoms with Gasteiger partial charge < -0.3 is 15.0 Å². The van der Waals surface area contributed by atoms with Crippen LogP contribution in [0.5, 0.6) is 5.75 Å². The standard InChI is InChI=1S/C16H15F3N2O2S/c1-10-13-6-8-24-14(13)5-7-21(10)15(22)20-11-3-2-4-12(9-11)23-16(17,18)19/h2-4,6,8-10H,5,7H2,1H3,(H,20,22). The quantitative estimate of drug-likeness (QED) is 0.840. The Bertz CT molecular complexity index is 745. The van der Waals surface area contributed by atoms with Gasteiger partial charge in [-0.3, -0.25) is 0 Å². The van der Waals surface area contributed by atoms with Crippen molar-refractivity contribution < 1.29 is 22.7 Å². The van der Waals surface area contributed by atoms with E-state index in [1.54, 1.807) is 16.2 Å². The normalized spacial score (nSPS) is 17.3. The maximum Gasteiger partial charge on any atom is 0.573 e. The Kier molecular flexibility index (Phi) is 4.40. The molecular weight excluding hydrogens is 341 g/mol. The number of halogens is 3. The molecule has 1 aromatic carbocycles. The van der Waals surface area contributed by atoms with Crippen molar-refractivity contribution in [2.24, 2.45) is 0 Å². The fraction of sp³-hybridized carbons (Fsp3) is 0.312. The first-order valence-corrected chi connectivity index (χ1v) is 8.21. The van der Waals surface area contributed by atoms with Gasteiger partial charge in [0.1, 0.15) is 5.75 Å². The van der Waals surface area contributed by atoms with Crippen LogP contribution in [0.15, 0.2) is 35.7 Å². The van der Waals surface area contributed by atoms with E-state index in [1.807, 2.05) is 18.4 Å². The second-order valence-corrected chi connectivity index (χ2v) is 6.42. The maximum absolute atomic E-state index is 12.5. The molecule has 1 unspecified atom stereocenters. The highest BCUT2D eigenvalue weighted by atomic mass is 32.1. The molecule has 0 spiro atoms. The molecule has 24 heavy (non-hydrogen) atoms. The summed E-state index contributed by atoms with van der Waals surface area (Å²) in [7, 11) is 0. The van der Waals surface area contributed by atoms with Crippen molar-refractivity contribution in [2.75, 3.05) is 11.9 Å². The van der Waals surface area contributed by atoms with Crippen molar-refractivity contribution in [3.05, 3.63) is 46.2 Å². The second-order valence-electron chi connectivity index (χ2n) is 5.42. The maximum atomic E-state index is 12.5. The molecule has 3 rings (SSSR count). The van der Waals surface area contributed by atoms with E-state index in [4.69, 9.17) is 0 Å². The summed E-state index contributed by atoms with van der Waals surface area (Å²) in [5.74, 6) is -0.368. The van der Waals surface area contributed by atoms with E-state index in [0.717, 1.165) is 18.1 Å². The molecule has 1 N–H and O–H groups in total. The van der Waals surface area contributed by atoms with E-state index in [2.05, 4.69) is 10.1 Å². The number of ether oxygens (including phenoxy) is 1. The third kappa shape index (κ3) is 3.64. The summed E-state index contributed by atoms with van der Waals surface area (Å²) >= 11 is 1.67. The number of anilines is 1. The van der Waals surface area contributed by atoms with Crippen LogP contribution in [0.2, 0.25) is 0 Å². The highest BCUT2D eigenvalue weighted by Gasteiger charge is 2.31. The number of nitrogens with zero attached hydrogens (tertiary/aromatic N) is 1. The van der Waals surface area contributed by atoms with Gasteiger partial charge in [0.05, 0.1) is 6.04 Å². The number of nitrogens with one attached hydrogen (secondary N) is 1. The van der Waals surface area contributed by atoms with Gasteiger partial charge in [0.2, 0.25) is 0 Å². The molecule has 0 saturated carbocycles. The van der Waals surface area contributed by atoms with Crippen molar-refractivity contribution in [3.63, 3.8) is 0 Å². The molecule has 4 nitrogen and oxygen atoms in total. The Labute approximate surface area is 140 Å². The van der Waals surface area contributed by atoms with Crippen LogP contribution in [0.25, 0.3) is 0 Å². The molecule has 0 bridgehead atoms. The van der Waals surface area contributed by atoms with Gasteiger partial charge in [-0.25, -0.2) is 4.79 Å². The summed E-state index contributed by atoms with van der Waals surface area (Å²) in [4.78, 5) is 15.4. The molecule has 0 radical (unpaired) electrons. The fourth-order valence-electron chi connectivity index (χ4n) is 2.75. The number of hydrogen-bond donors (Lipinski definition) is 1. The SMILES string of the molecule is CC1c2ccsc2CCN1C(=O)Nc1cccc(OC(F)(F)F)c1. The van der Waals surface area contributed by atoms with Crippen LogP contribution in [0, 0.1) is 0 Å². The third-order valence-corrected chi connectivity index (χ3v) is 4.85. The predicted molar refractivity (Wildman–Crippen MR) is 85.3 cm³/mol. The fourth-order valence-corrected chi connectivity index (χ4v) is 3.72. The number of urea groups is 1. The number of carbonyl (C=O) groups excluding carboxylic acids is 1. The number of fused-ring (bicyclic) bond motifs is 1. The average molecular weight is 356 g/mol. The van der Waals surface area contributed by atoms with Gasteiger partial charge in [0.25, 0.3) is 0 Å². The molecule has 0 fully saturated rings. The second kappa shape index (κ2) is 6.35. The summed E-state index contributed by atoms with van der Waals surface area (Å²) in [5.41, 5.74) is 1.38. The molecule has 2 aromatic rings. The predicted octanol–water partition coefficient (Wildman–Crippen LogP) is 4.80. The first-order valence-electron chi connectivity index (χ1n) is 7.33. The number of alkyl halides is 3. The highest BCUT2D eigenvalue weighted by molar-refractivity contribution is 7.10. The number of benzene rings is 1. The zero-order valence-electron chi connectivity index (χ0n) is 12.8. The minimum absolute atomic E-state index is 0.0744. The lowest BCUT2D eigenvalue weighted by molar-refractivity contribution is -0.274. The number of thiophene rings is 1. The van der Waals surface area contributed by atoms with Crippen molar-refractivity contribution in [1.29, 1.82) is 0 Å². The van der Waals surface area contributed by atoms with Crippen LogP contribution in [0.1, 0.15) is 23.4 Å². The molecule has 1 atom stereocenters. The largest absolute Gasteiger partial charge is 0.573 e. The highest BCUT2D eigenvalue weighted by Crippen LogP contribution is 2.33. The minimum atomic E-state index is -4.76. The molecule has 1 aromatic heterocycles. The van der Waals surface area contributed by atoms with Crippen LogP contribution in [0.3, 0.4) is 0 Å². The molecule has 128 valence electrons. The summed E-state index contributed by atoms with van der Waals surface area (Å²) in [6, 6.07) is 6.83. The Morgan fingerprint density at radius 3 is 2.92 bits per heavy atom. The molecule has 8 heteroatoms. The van der Waals surface area contributed by atoms with Crippen LogP contribution in [-0.4, -0.2) is 23.8 Å². The zero-order valence-corrected chi connectivity index (χ0v) is 13.6. The van der Waals surface area contributed by atoms with Crippen LogP contribution < -0.4 is 10.1 Å². The van der Waals surface area contributed by atoms with E-state index in [0.29, 0.717) is 6.54 Å². The molecule has 1 aliphatic heterocycles. The smallest absolute Gasteiger partial charge is 0.406 e. The third-order valence-electron chi connectivity index (χ3n) is 3.86. The Morgan fingerprint density at radius 1 is 1.38 bits per heavy atom. The van der Waals surface area contributed by atoms with E-state index in [-0.39, 0.29) is 23.5 Å². The van der Waals surface area contributed by atoms with Crippen molar-refractivity contribution in [2.45, 2.75) is 25.7 Å². The summed E-state index contributed by atoms with van der Waals surface area (Å²) in [5, 5.41) is 4.63. The van der Waals surface area contributed by atoms with E-state index in [9.17, 15) is 18.0 Å². The Morgan fingerprint density at radius 2 is 2.17 bits per heavy atom. The number of carbonyl (C=O) groups is 1. The lowest BCUT2D eigenvalue weighted by atomic mass is 10.0. The monoisotopic (exact) mass is 356 g/mol. The lowest BCUT2D eigenvalue weighted by Crippen LogP contribution is -2.40. The van der Waals surface area contributed by atoms with Gasteiger partial charge in [0, 0.05) is 23.2 Å². The van der Waals surface area contributed by atoms with E-state index >= 15 is 0 Å². The molecule has 1 aliphatic rings. The zero-order chi connectivity index (χ0) is 17.3. The number of rotatable bonds is 2. The molecule has 2 amide bonds. The summed E-state index contributed by atoms with van der Waals surface area (Å²) < 4.78 is 40.7. The first-order chi connectivity index (χ1) is 11.3. The molecule has 0 saturated heterocycles. The van der Waals surface area contributed by atoms with Gasteiger partial charge in [0.15, 0.2) is 0 Å². The lowest BCUT2D eigenvalue weighted by Gasteiger charge is -2.33. The van der Waals surface area contributed by atoms with Crippen molar-refractivity contribution in [3.8, 4) is 5.75 Å². The Hall–Kier alpha value is -2.22. The minimum Gasteiger partial charge on any atom is -0.406 e. The first kappa shape index (κ1) is 16.6. The van der Waals surface area contributed by atoms with Gasteiger partial charge in [-0.05, 0) is 42.5 Å². The van der Waals surface area contributed by atoms with Crippen molar-refractivity contribution in [1.82, 2.24) is 4.90 Å². The topological polar surface area (TPSA) is 41.6 Å². The molecular formula is C16H15F3N2O2S. The van der Waals surface area contributed by atoms with Gasteiger partial charge in [-0.1, -0.05) is 6.07 Å². The van der Waals surface area contributed by atoms with Crippen LogP contribution >= 0.6 is 11.3 Å². The van der Waals surface area contributed by atoms with E-state index < -0.39 is 6.36 Å². The van der Waals surface area contributed by atoms with E-state index in [1.165, 1.54) is 23.1 Å². The van der Waals surface area contributed by atoms with Gasteiger partial charge >= 0.3 is 12.4 Å². The number of hydrogen-bond acceptors (Lipinski definition) is 3. The number of amides is 2. The summed E-state index contributed by atoms with van der Waals surface area (Å²) in [6.45, 7) is 2.51. The van der Waals surface area contributed by atoms with Gasteiger partial charge in [-0.15, -0.1) is 24.5 Å². The average Bonchev–Trinajstić information content (AvgIpc) is 2.95. The van der Waals surface area contributed by atoms with Crippen LogP contribution in [0.4, 0.5) is 23.7 Å². The van der Waals surface area contributed by atoms with Crippen molar-refractivity contribution >= 4 is 23.1 Å². The summed E-state index contributed by atoms with van der Waals surface area (Å²) in [6.07, 6.45) is -3.98. The van der Waals surface area contributed by atoms with Gasteiger partial charge in [-0.2, -0.15) is 0 Å². The molecule has 0 aliphatic carbocycles. The Balaban J connectivity index is 1.70.